The van der Waals surface area contributed by atoms with Crippen molar-refractivity contribution in [2.24, 2.45) is 11.8 Å². The van der Waals surface area contributed by atoms with E-state index in [-0.39, 0.29) is 0 Å². The first-order valence-electron chi connectivity index (χ1n) is 3.57. The number of hydrogen-bond acceptors (Lipinski definition) is 0. The minimum absolute atomic E-state index is 0.820. The smallest absolute Gasteiger partial charge is 0.0213 e. The van der Waals surface area contributed by atoms with Crippen molar-refractivity contribution in [2.75, 3.05) is 0 Å². The lowest BCUT2D eigenvalue weighted by atomic mass is 10.0. The molecule has 0 nitrogen and oxygen atoms in total. The third-order valence-electron chi connectivity index (χ3n) is 2.72. The van der Waals surface area contributed by atoms with Gasteiger partial charge >= 0.3 is 0 Å². The third-order valence-corrected chi connectivity index (χ3v) is 5.20. The SMILES string of the molecule is BrC1[C@@H]2CC[C@H]1[C@H](Br)C2. The highest BCUT2D eigenvalue weighted by molar-refractivity contribution is 9.10. The lowest BCUT2D eigenvalue weighted by Crippen LogP contribution is -2.10. The number of rotatable bonds is 0. The van der Waals surface area contributed by atoms with E-state index in [1.165, 1.54) is 19.3 Å². The van der Waals surface area contributed by atoms with Crippen LogP contribution >= 0.6 is 31.9 Å². The molecule has 0 heterocycles. The normalized spacial score (nSPS) is 56.7. The molecule has 0 aromatic rings. The summed E-state index contributed by atoms with van der Waals surface area (Å²) in [5.41, 5.74) is 0. The molecule has 0 saturated heterocycles. The monoisotopic (exact) mass is 252 g/mol. The zero-order valence-corrected chi connectivity index (χ0v) is 8.36. The van der Waals surface area contributed by atoms with Crippen LogP contribution in [0.4, 0.5) is 0 Å². The fourth-order valence-electron chi connectivity index (χ4n) is 2.17. The van der Waals surface area contributed by atoms with Gasteiger partial charge in [0.15, 0.2) is 0 Å². The first kappa shape index (κ1) is 6.66. The van der Waals surface area contributed by atoms with Crippen LogP contribution in [0.1, 0.15) is 19.3 Å². The molecule has 4 atom stereocenters. The molecule has 0 aromatic carbocycles. The Kier molecular flexibility index (Phi) is 1.65. The Morgan fingerprint density at radius 2 is 1.89 bits per heavy atom. The molecule has 1 unspecified atom stereocenters. The average molecular weight is 254 g/mol. The van der Waals surface area contributed by atoms with Crippen LogP contribution in [0.2, 0.25) is 0 Å². The van der Waals surface area contributed by atoms with Crippen LogP contribution < -0.4 is 0 Å². The second-order valence-corrected chi connectivity index (χ2v) is 5.43. The molecule has 2 aliphatic carbocycles. The van der Waals surface area contributed by atoms with Crippen LogP contribution in [0.3, 0.4) is 0 Å². The summed E-state index contributed by atoms with van der Waals surface area (Å²) in [4.78, 5) is 1.66. The molecule has 2 fully saturated rings. The Balaban J connectivity index is 2.16. The molecule has 52 valence electrons. The minimum atomic E-state index is 0.820. The summed E-state index contributed by atoms with van der Waals surface area (Å²) in [6.07, 6.45) is 4.31. The Hall–Kier alpha value is 0.960. The summed E-state index contributed by atoms with van der Waals surface area (Å²) in [5.74, 6) is 1.93. The maximum absolute atomic E-state index is 3.74. The molecule has 0 amide bonds. The summed E-state index contributed by atoms with van der Waals surface area (Å²) in [7, 11) is 0. The second kappa shape index (κ2) is 2.23. The van der Waals surface area contributed by atoms with Gasteiger partial charge < -0.3 is 0 Å². The van der Waals surface area contributed by atoms with Gasteiger partial charge in [0.1, 0.15) is 0 Å². The number of halogens is 2. The first-order chi connectivity index (χ1) is 4.29. The lowest BCUT2D eigenvalue weighted by molar-refractivity contribution is 0.497. The fourth-order valence-corrected chi connectivity index (χ4v) is 4.76. The van der Waals surface area contributed by atoms with Crippen LogP contribution in [0.5, 0.6) is 0 Å². The summed E-state index contributed by atoms with van der Waals surface area (Å²) >= 11 is 7.45. The van der Waals surface area contributed by atoms with E-state index < -0.39 is 0 Å². The van der Waals surface area contributed by atoms with Crippen molar-refractivity contribution in [2.45, 2.75) is 28.9 Å². The predicted molar refractivity (Wildman–Crippen MR) is 46.3 cm³/mol. The summed E-state index contributed by atoms with van der Waals surface area (Å²) in [5, 5.41) is 0. The molecule has 0 spiro atoms. The van der Waals surface area contributed by atoms with Crippen molar-refractivity contribution < 1.29 is 0 Å². The quantitative estimate of drug-likeness (QED) is 0.583. The first-order valence-corrected chi connectivity index (χ1v) is 5.40. The average Bonchev–Trinajstić information content (AvgIpc) is 2.25. The van der Waals surface area contributed by atoms with Crippen LogP contribution in [-0.4, -0.2) is 9.65 Å². The van der Waals surface area contributed by atoms with E-state index in [1.807, 2.05) is 0 Å². The van der Waals surface area contributed by atoms with E-state index in [2.05, 4.69) is 31.9 Å². The van der Waals surface area contributed by atoms with Crippen molar-refractivity contribution in [1.82, 2.24) is 0 Å². The van der Waals surface area contributed by atoms with Crippen LogP contribution in [0, 0.1) is 11.8 Å². The maximum atomic E-state index is 3.74. The second-order valence-electron chi connectivity index (χ2n) is 3.20. The summed E-state index contributed by atoms with van der Waals surface area (Å²) in [6.45, 7) is 0. The number of alkyl halides is 2. The van der Waals surface area contributed by atoms with E-state index in [9.17, 15) is 0 Å². The van der Waals surface area contributed by atoms with Gasteiger partial charge in [-0.05, 0) is 31.1 Å². The van der Waals surface area contributed by atoms with Crippen LogP contribution in [0.15, 0.2) is 0 Å². The molecule has 2 saturated carbocycles. The van der Waals surface area contributed by atoms with Gasteiger partial charge in [-0.1, -0.05) is 31.9 Å². The standard InChI is InChI=1S/C7H10Br2/c8-6-3-4-1-2-5(6)7(4)9/h4-7H,1-3H2/t4-,5+,6-,7?/m1/s1. The van der Waals surface area contributed by atoms with Gasteiger partial charge in [-0.3, -0.25) is 0 Å². The van der Waals surface area contributed by atoms with Gasteiger partial charge in [0.2, 0.25) is 0 Å². The highest BCUT2D eigenvalue weighted by Gasteiger charge is 2.45. The van der Waals surface area contributed by atoms with Gasteiger partial charge in [0, 0.05) is 9.65 Å². The fraction of sp³-hybridized carbons (Fsp3) is 1.00. The predicted octanol–water partition coefficient (Wildman–Crippen LogP) is 2.94. The van der Waals surface area contributed by atoms with E-state index in [4.69, 9.17) is 0 Å². The Morgan fingerprint density at radius 1 is 1.11 bits per heavy atom. The maximum Gasteiger partial charge on any atom is 0.0213 e. The van der Waals surface area contributed by atoms with Crippen molar-refractivity contribution in [3.05, 3.63) is 0 Å². The van der Waals surface area contributed by atoms with E-state index in [0.717, 1.165) is 21.5 Å². The highest BCUT2D eigenvalue weighted by Crippen LogP contribution is 2.51. The third kappa shape index (κ3) is 0.900. The topological polar surface area (TPSA) is 0 Å². The molecular weight excluding hydrogens is 244 g/mol. The van der Waals surface area contributed by atoms with E-state index in [1.54, 1.807) is 0 Å². The molecule has 0 N–H and O–H groups in total. The zero-order chi connectivity index (χ0) is 6.43. The highest BCUT2D eigenvalue weighted by atomic mass is 79.9. The summed E-state index contributed by atoms with van der Waals surface area (Å²) < 4.78 is 0. The van der Waals surface area contributed by atoms with E-state index in [0.29, 0.717) is 0 Å². The Morgan fingerprint density at radius 3 is 2.11 bits per heavy atom. The van der Waals surface area contributed by atoms with Crippen LogP contribution in [0.25, 0.3) is 0 Å². The molecule has 2 aliphatic rings. The van der Waals surface area contributed by atoms with Gasteiger partial charge in [0.05, 0.1) is 0 Å². The molecule has 2 rings (SSSR count). The molecule has 2 heteroatoms. The number of hydrogen-bond donors (Lipinski definition) is 0. The van der Waals surface area contributed by atoms with Gasteiger partial charge in [0.25, 0.3) is 0 Å². The zero-order valence-electron chi connectivity index (χ0n) is 5.19. The van der Waals surface area contributed by atoms with Crippen molar-refractivity contribution in [3.63, 3.8) is 0 Å². The van der Waals surface area contributed by atoms with Crippen molar-refractivity contribution >= 4 is 31.9 Å². The van der Waals surface area contributed by atoms with Crippen molar-refractivity contribution in [1.29, 1.82) is 0 Å². The van der Waals surface area contributed by atoms with Gasteiger partial charge in [-0.15, -0.1) is 0 Å². The number of fused-ring (bicyclic) bond motifs is 2. The molecule has 9 heavy (non-hydrogen) atoms. The minimum Gasteiger partial charge on any atom is -0.0887 e. The lowest BCUT2D eigenvalue weighted by Gasteiger charge is -2.13. The Bertz CT molecular complexity index is 124. The van der Waals surface area contributed by atoms with Crippen molar-refractivity contribution in [3.8, 4) is 0 Å². The van der Waals surface area contributed by atoms with Gasteiger partial charge in [-0.25, -0.2) is 0 Å². The van der Waals surface area contributed by atoms with Gasteiger partial charge in [-0.2, -0.15) is 0 Å². The molecule has 0 radical (unpaired) electrons. The largest absolute Gasteiger partial charge is 0.0887 e. The van der Waals surface area contributed by atoms with E-state index >= 15 is 0 Å². The van der Waals surface area contributed by atoms with Crippen LogP contribution in [-0.2, 0) is 0 Å². The molecule has 2 bridgehead atoms. The Labute approximate surface area is 72.7 Å². The summed E-state index contributed by atoms with van der Waals surface area (Å²) in [6, 6.07) is 0. The molecular formula is C7H10Br2. The molecule has 0 aliphatic heterocycles. The molecule has 0 aromatic heterocycles.